The minimum atomic E-state index is -2.73. The van der Waals surface area contributed by atoms with Crippen molar-refractivity contribution in [3.63, 3.8) is 0 Å². The Hall–Kier alpha value is -0.683. The van der Waals surface area contributed by atoms with E-state index < -0.39 is 8.32 Å². The van der Waals surface area contributed by atoms with Gasteiger partial charge in [-0.05, 0) is 66.7 Å². The van der Waals surface area contributed by atoms with Gasteiger partial charge in [0.15, 0.2) is 8.32 Å². The van der Waals surface area contributed by atoms with Crippen molar-refractivity contribution in [3.05, 3.63) is 27.3 Å². The van der Waals surface area contributed by atoms with Gasteiger partial charge in [0.05, 0.1) is 18.8 Å². The van der Waals surface area contributed by atoms with Crippen molar-refractivity contribution in [2.24, 2.45) is 5.92 Å². The van der Waals surface area contributed by atoms with Gasteiger partial charge in [-0.2, -0.15) is 0 Å². The first kappa shape index (κ1) is 23.0. The molecule has 0 aliphatic carbocycles. The number of fused-ring (bicyclic) bond motifs is 1. The van der Waals surface area contributed by atoms with Crippen molar-refractivity contribution in [2.75, 3.05) is 20.3 Å². The molecule has 1 aromatic carbocycles. The van der Waals surface area contributed by atoms with Crippen LogP contribution in [0.4, 0.5) is 0 Å². The second-order valence-corrected chi connectivity index (χ2v) is 14.1. The Morgan fingerprint density at radius 2 is 2.17 bits per heavy atom. The summed E-state index contributed by atoms with van der Waals surface area (Å²) in [6, 6.07) is 5.92. The smallest absolute Gasteiger partial charge is 0.223 e. The lowest BCUT2D eigenvalue weighted by molar-refractivity contribution is -0.133. The van der Waals surface area contributed by atoms with Crippen LogP contribution in [0.5, 0.6) is 5.75 Å². The van der Waals surface area contributed by atoms with Gasteiger partial charge in [-0.3, -0.25) is 4.79 Å². The van der Waals surface area contributed by atoms with Crippen LogP contribution in [0.25, 0.3) is 0 Å². The lowest BCUT2D eigenvalue weighted by Gasteiger charge is -2.44. The molecule has 0 spiro atoms. The standard InChI is InChI=1S/C21H32INO5Si/c1-13-20(27-2)16-10-14(22)7-8-17(16)28-21(13)18(29(3,4)26)11-19(25)23-9-5-6-15(23)12-24/h7-8,10,13,15,18,20-21,24,26H,5-6,9,11-12H2,1-4H3/t13-,15-,18?,20-,21-/m0/s1. The van der Waals surface area contributed by atoms with Crippen molar-refractivity contribution in [3.8, 4) is 5.75 Å². The zero-order chi connectivity index (χ0) is 21.3. The first-order valence-electron chi connectivity index (χ1n) is 10.3. The molecule has 6 nitrogen and oxygen atoms in total. The largest absolute Gasteiger partial charge is 0.490 e. The number of aliphatic hydroxyl groups is 1. The van der Waals surface area contributed by atoms with E-state index in [0.29, 0.717) is 6.54 Å². The first-order chi connectivity index (χ1) is 13.7. The summed E-state index contributed by atoms with van der Waals surface area (Å²) in [4.78, 5) is 26.0. The van der Waals surface area contributed by atoms with E-state index in [4.69, 9.17) is 9.47 Å². The number of rotatable bonds is 6. The number of carbonyl (C=O) groups is 1. The number of amides is 1. The van der Waals surface area contributed by atoms with Gasteiger partial charge in [-0.15, -0.1) is 0 Å². The number of halogens is 1. The van der Waals surface area contributed by atoms with Gasteiger partial charge in [-0.1, -0.05) is 6.92 Å². The second-order valence-electron chi connectivity index (χ2n) is 8.81. The highest BCUT2D eigenvalue weighted by atomic mass is 127. The number of benzene rings is 1. The predicted octanol–water partition coefficient (Wildman–Crippen LogP) is 3.32. The molecule has 1 saturated heterocycles. The zero-order valence-electron chi connectivity index (χ0n) is 17.6. The molecule has 2 aliphatic rings. The number of hydrogen-bond acceptors (Lipinski definition) is 5. The van der Waals surface area contributed by atoms with Crippen LogP contribution in [0.3, 0.4) is 0 Å². The molecular weight excluding hydrogens is 501 g/mol. The third-order valence-electron chi connectivity index (χ3n) is 6.40. The Morgan fingerprint density at radius 3 is 2.79 bits per heavy atom. The maximum Gasteiger partial charge on any atom is 0.223 e. The lowest BCUT2D eigenvalue weighted by Crippen LogP contribution is -2.50. The van der Waals surface area contributed by atoms with Crippen LogP contribution in [-0.4, -0.2) is 61.4 Å². The van der Waals surface area contributed by atoms with E-state index in [1.807, 2.05) is 25.2 Å². The Labute approximate surface area is 187 Å². The molecule has 5 atom stereocenters. The molecule has 162 valence electrons. The highest BCUT2D eigenvalue weighted by molar-refractivity contribution is 14.1. The molecule has 3 rings (SSSR count). The summed E-state index contributed by atoms with van der Waals surface area (Å²) in [5.41, 5.74) is 0.751. The topological polar surface area (TPSA) is 79.2 Å². The van der Waals surface area contributed by atoms with Crippen molar-refractivity contribution in [2.45, 2.75) is 63.1 Å². The lowest BCUT2D eigenvalue weighted by atomic mass is 9.86. The van der Waals surface area contributed by atoms with Gasteiger partial charge in [0.2, 0.25) is 5.91 Å². The molecule has 29 heavy (non-hydrogen) atoms. The molecule has 1 unspecified atom stereocenters. The normalized spacial score (nSPS) is 28.0. The van der Waals surface area contributed by atoms with Crippen LogP contribution < -0.4 is 4.74 Å². The zero-order valence-corrected chi connectivity index (χ0v) is 20.8. The number of ether oxygens (including phenoxy) is 2. The van der Waals surface area contributed by atoms with Crippen LogP contribution in [0.1, 0.15) is 37.9 Å². The number of aliphatic hydroxyl groups excluding tert-OH is 1. The molecular formula is C21H32INO5Si. The summed E-state index contributed by atoms with van der Waals surface area (Å²) in [6.45, 7) is 6.49. The fraction of sp³-hybridized carbons (Fsp3) is 0.667. The maximum absolute atomic E-state index is 13.1. The van der Waals surface area contributed by atoms with E-state index in [0.717, 1.165) is 27.7 Å². The average molecular weight is 533 g/mol. The number of likely N-dealkylation sites (tertiary alicyclic amines) is 1. The SMILES string of the molecule is CO[C@@H]1c2cc(I)ccc2O[C@H](C(CC(=O)N2CCC[C@H]2CO)[Si](C)(C)O)[C@H]1C. The molecule has 2 heterocycles. The molecule has 1 aromatic rings. The van der Waals surface area contributed by atoms with E-state index in [2.05, 4.69) is 35.6 Å². The quantitative estimate of drug-likeness (QED) is 0.434. The van der Waals surface area contributed by atoms with E-state index in [1.165, 1.54) is 0 Å². The molecule has 0 aromatic heterocycles. The van der Waals surface area contributed by atoms with E-state index in [-0.39, 0.29) is 48.6 Å². The fourth-order valence-corrected chi connectivity index (χ4v) is 7.14. The first-order valence-corrected chi connectivity index (χ1v) is 14.4. The predicted molar refractivity (Wildman–Crippen MR) is 122 cm³/mol. The summed E-state index contributed by atoms with van der Waals surface area (Å²) in [6.07, 6.45) is 1.52. The van der Waals surface area contributed by atoms with E-state index >= 15 is 0 Å². The highest BCUT2D eigenvalue weighted by Gasteiger charge is 2.47. The summed E-state index contributed by atoms with van der Waals surface area (Å²) in [5, 5.41) is 9.59. The molecule has 0 saturated carbocycles. The van der Waals surface area contributed by atoms with Crippen molar-refractivity contribution in [1.29, 1.82) is 0 Å². The molecule has 0 bridgehead atoms. The third kappa shape index (κ3) is 4.81. The van der Waals surface area contributed by atoms with E-state index in [1.54, 1.807) is 12.0 Å². The molecule has 2 aliphatic heterocycles. The Morgan fingerprint density at radius 1 is 1.45 bits per heavy atom. The third-order valence-corrected chi connectivity index (χ3v) is 9.42. The highest BCUT2D eigenvalue weighted by Crippen LogP contribution is 2.47. The molecule has 1 amide bonds. The number of hydrogen-bond donors (Lipinski definition) is 2. The fourth-order valence-electron chi connectivity index (χ4n) is 4.78. The van der Waals surface area contributed by atoms with Crippen molar-refractivity contribution >= 4 is 36.8 Å². The number of carbonyl (C=O) groups excluding carboxylic acids is 1. The Kier molecular flexibility index (Phi) is 7.30. The van der Waals surface area contributed by atoms with Crippen LogP contribution in [0, 0.1) is 9.49 Å². The minimum absolute atomic E-state index is 0.000603. The number of methoxy groups -OCH3 is 1. The summed E-state index contributed by atoms with van der Waals surface area (Å²) in [7, 11) is -1.03. The van der Waals surface area contributed by atoms with Gasteiger partial charge >= 0.3 is 0 Å². The van der Waals surface area contributed by atoms with Gasteiger partial charge in [0, 0.05) is 40.7 Å². The summed E-state index contributed by atoms with van der Waals surface area (Å²) < 4.78 is 13.4. The van der Waals surface area contributed by atoms with Gasteiger partial charge in [0.25, 0.3) is 0 Å². The monoisotopic (exact) mass is 533 g/mol. The van der Waals surface area contributed by atoms with Crippen molar-refractivity contribution < 1.29 is 24.2 Å². The van der Waals surface area contributed by atoms with Crippen molar-refractivity contribution in [1.82, 2.24) is 4.90 Å². The molecule has 8 heteroatoms. The summed E-state index contributed by atoms with van der Waals surface area (Å²) in [5.74, 6) is 0.763. The van der Waals surface area contributed by atoms with Gasteiger partial charge in [0.1, 0.15) is 11.9 Å². The van der Waals surface area contributed by atoms with Crippen LogP contribution >= 0.6 is 22.6 Å². The van der Waals surface area contributed by atoms with Crippen LogP contribution in [-0.2, 0) is 9.53 Å². The average Bonchev–Trinajstić information content (AvgIpc) is 3.14. The Bertz CT molecular complexity index is 740. The molecule has 1 fully saturated rings. The molecule has 2 N–H and O–H groups in total. The van der Waals surface area contributed by atoms with Gasteiger partial charge < -0.3 is 24.3 Å². The number of nitrogens with zero attached hydrogens (tertiary/aromatic N) is 1. The van der Waals surface area contributed by atoms with Crippen LogP contribution in [0.2, 0.25) is 18.6 Å². The maximum atomic E-state index is 13.1. The second kappa shape index (κ2) is 9.21. The minimum Gasteiger partial charge on any atom is -0.490 e. The van der Waals surface area contributed by atoms with Crippen LogP contribution in [0.15, 0.2) is 18.2 Å². The molecule has 0 radical (unpaired) electrons. The van der Waals surface area contributed by atoms with E-state index in [9.17, 15) is 14.7 Å². The summed E-state index contributed by atoms with van der Waals surface area (Å²) >= 11 is 2.28. The van der Waals surface area contributed by atoms with Gasteiger partial charge in [-0.25, -0.2) is 0 Å². The Balaban J connectivity index is 1.89.